The highest BCUT2D eigenvalue weighted by Crippen LogP contribution is 2.17. The number of nitrogens with zero attached hydrogens (tertiary/aromatic N) is 2. The fraction of sp³-hybridized carbons (Fsp3) is 0.562. The second kappa shape index (κ2) is 7.90. The maximum absolute atomic E-state index is 12.7. The molecule has 0 aromatic heterocycles. The minimum absolute atomic E-state index is 0.102. The second-order valence-electron chi connectivity index (χ2n) is 5.74. The van der Waals surface area contributed by atoms with Crippen molar-refractivity contribution < 1.29 is 4.79 Å². The Morgan fingerprint density at radius 1 is 1.20 bits per heavy atom. The Labute approximate surface area is 122 Å². The van der Waals surface area contributed by atoms with Crippen LogP contribution in [0.25, 0.3) is 0 Å². The zero-order valence-corrected chi connectivity index (χ0v) is 13.3. The van der Waals surface area contributed by atoms with Gasteiger partial charge in [-0.3, -0.25) is 4.79 Å². The van der Waals surface area contributed by atoms with Crippen molar-refractivity contribution in [1.82, 2.24) is 9.80 Å². The maximum Gasteiger partial charge on any atom is 0.256 e. The summed E-state index contributed by atoms with van der Waals surface area (Å²) >= 11 is 0. The van der Waals surface area contributed by atoms with Gasteiger partial charge in [0, 0.05) is 32.4 Å². The van der Waals surface area contributed by atoms with E-state index in [1.807, 2.05) is 50.3 Å². The van der Waals surface area contributed by atoms with Crippen LogP contribution in [0.4, 0.5) is 5.69 Å². The number of benzene rings is 1. The van der Waals surface area contributed by atoms with Crippen molar-refractivity contribution in [3.05, 3.63) is 29.8 Å². The highest BCUT2D eigenvalue weighted by Gasteiger charge is 2.19. The van der Waals surface area contributed by atoms with Crippen molar-refractivity contribution in [1.29, 1.82) is 0 Å². The standard InChI is InChI=1S/C16H27N3O/c1-13(2)12-19(11-10-18(4)5)16(20)14-8-6-7-9-15(14)17-3/h6-9,13,17H,10-12H2,1-5H3. The van der Waals surface area contributed by atoms with Crippen LogP contribution in [-0.2, 0) is 0 Å². The Morgan fingerprint density at radius 3 is 2.40 bits per heavy atom. The largest absolute Gasteiger partial charge is 0.387 e. The molecule has 0 fully saturated rings. The van der Waals surface area contributed by atoms with Crippen LogP contribution >= 0.6 is 0 Å². The third-order valence-electron chi connectivity index (χ3n) is 3.12. The Morgan fingerprint density at radius 2 is 1.85 bits per heavy atom. The smallest absolute Gasteiger partial charge is 0.256 e. The summed E-state index contributed by atoms with van der Waals surface area (Å²) in [7, 11) is 5.90. The van der Waals surface area contributed by atoms with Crippen molar-refractivity contribution in [3.63, 3.8) is 0 Å². The Hall–Kier alpha value is -1.55. The molecule has 1 aromatic rings. The van der Waals surface area contributed by atoms with E-state index >= 15 is 0 Å². The highest BCUT2D eigenvalue weighted by molar-refractivity contribution is 5.99. The van der Waals surface area contributed by atoms with E-state index in [1.165, 1.54) is 0 Å². The summed E-state index contributed by atoms with van der Waals surface area (Å²) in [5.74, 6) is 0.563. The average Bonchev–Trinajstić information content (AvgIpc) is 2.42. The van der Waals surface area contributed by atoms with Crippen molar-refractivity contribution in [3.8, 4) is 0 Å². The predicted molar refractivity (Wildman–Crippen MR) is 85.3 cm³/mol. The molecule has 0 saturated heterocycles. The molecule has 1 N–H and O–H groups in total. The Balaban J connectivity index is 2.91. The number of carbonyl (C=O) groups is 1. The lowest BCUT2D eigenvalue weighted by molar-refractivity contribution is 0.0725. The quantitative estimate of drug-likeness (QED) is 0.831. The number of rotatable bonds is 7. The van der Waals surface area contributed by atoms with Crippen molar-refractivity contribution in [2.45, 2.75) is 13.8 Å². The van der Waals surface area contributed by atoms with Crippen LogP contribution in [0.1, 0.15) is 24.2 Å². The number of nitrogens with one attached hydrogen (secondary N) is 1. The van der Waals surface area contributed by atoms with Crippen LogP contribution < -0.4 is 5.32 Å². The van der Waals surface area contributed by atoms with Gasteiger partial charge in [0.25, 0.3) is 5.91 Å². The molecule has 4 heteroatoms. The van der Waals surface area contributed by atoms with E-state index in [-0.39, 0.29) is 5.91 Å². The zero-order valence-electron chi connectivity index (χ0n) is 13.3. The first-order valence-corrected chi connectivity index (χ1v) is 7.16. The van der Waals surface area contributed by atoms with E-state index in [9.17, 15) is 4.79 Å². The molecule has 4 nitrogen and oxygen atoms in total. The molecule has 20 heavy (non-hydrogen) atoms. The molecule has 0 heterocycles. The highest BCUT2D eigenvalue weighted by atomic mass is 16.2. The summed E-state index contributed by atoms with van der Waals surface area (Å²) in [6.07, 6.45) is 0. The molecule has 0 bridgehead atoms. The molecular weight excluding hydrogens is 250 g/mol. The summed E-state index contributed by atoms with van der Waals surface area (Å²) in [4.78, 5) is 16.8. The Bertz CT molecular complexity index is 429. The molecule has 0 aliphatic heterocycles. The number of hydrogen-bond acceptors (Lipinski definition) is 3. The van der Waals surface area contributed by atoms with E-state index in [0.717, 1.165) is 30.9 Å². The van der Waals surface area contributed by atoms with Crippen LogP contribution in [0.3, 0.4) is 0 Å². The number of anilines is 1. The van der Waals surface area contributed by atoms with Gasteiger partial charge >= 0.3 is 0 Å². The SMILES string of the molecule is CNc1ccccc1C(=O)N(CCN(C)C)CC(C)C. The number of carbonyl (C=O) groups excluding carboxylic acids is 1. The van der Waals surface area contributed by atoms with Gasteiger partial charge in [0.15, 0.2) is 0 Å². The topological polar surface area (TPSA) is 35.6 Å². The van der Waals surface area contributed by atoms with E-state index in [2.05, 4.69) is 24.1 Å². The van der Waals surface area contributed by atoms with Gasteiger partial charge in [-0.1, -0.05) is 26.0 Å². The molecule has 0 saturated carbocycles. The van der Waals surface area contributed by atoms with Crippen LogP contribution in [0.2, 0.25) is 0 Å². The first-order chi connectivity index (χ1) is 9.45. The number of hydrogen-bond donors (Lipinski definition) is 1. The molecule has 0 spiro atoms. The van der Waals surface area contributed by atoms with E-state index in [0.29, 0.717) is 5.92 Å². The van der Waals surface area contributed by atoms with E-state index in [1.54, 1.807) is 0 Å². The number of likely N-dealkylation sites (N-methyl/N-ethyl adjacent to an activating group) is 1. The van der Waals surface area contributed by atoms with Gasteiger partial charge in [0.1, 0.15) is 0 Å². The van der Waals surface area contributed by atoms with Crippen LogP contribution in [0.15, 0.2) is 24.3 Å². The lowest BCUT2D eigenvalue weighted by Gasteiger charge is -2.27. The summed E-state index contributed by atoms with van der Waals surface area (Å²) in [6.45, 7) is 6.69. The van der Waals surface area contributed by atoms with Gasteiger partial charge in [0.05, 0.1) is 5.56 Å². The van der Waals surface area contributed by atoms with Gasteiger partial charge in [-0.25, -0.2) is 0 Å². The molecule has 0 unspecified atom stereocenters. The molecule has 0 atom stereocenters. The van der Waals surface area contributed by atoms with Gasteiger partial charge in [-0.2, -0.15) is 0 Å². The lowest BCUT2D eigenvalue weighted by Crippen LogP contribution is -2.39. The minimum atomic E-state index is 0.102. The van der Waals surface area contributed by atoms with Crippen LogP contribution in [0.5, 0.6) is 0 Å². The molecular formula is C16H27N3O. The minimum Gasteiger partial charge on any atom is -0.387 e. The van der Waals surface area contributed by atoms with Crippen molar-refractivity contribution in [2.75, 3.05) is 46.1 Å². The first kappa shape index (κ1) is 16.5. The molecule has 1 aromatic carbocycles. The molecule has 1 amide bonds. The first-order valence-electron chi connectivity index (χ1n) is 7.16. The maximum atomic E-state index is 12.7. The summed E-state index contributed by atoms with van der Waals surface area (Å²) < 4.78 is 0. The molecule has 112 valence electrons. The second-order valence-corrected chi connectivity index (χ2v) is 5.74. The van der Waals surface area contributed by atoms with Crippen molar-refractivity contribution in [2.24, 2.45) is 5.92 Å². The third kappa shape index (κ3) is 4.85. The zero-order chi connectivity index (χ0) is 15.1. The van der Waals surface area contributed by atoms with Gasteiger partial charge in [0.2, 0.25) is 0 Å². The normalized spacial score (nSPS) is 10.9. The number of amides is 1. The molecule has 1 rings (SSSR count). The number of para-hydroxylation sites is 1. The Kier molecular flexibility index (Phi) is 6.52. The van der Waals surface area contributed by atoms with Crippen LogP contribution in [0, 0.1) is 5.92 Å². The summed E-state index contributed by atoms with van der Waals surface area (Å²) in [5, 5.41) is 3.09. The summed E-state index contributed by atoms with van der Waals surface area (Å²) in [5.41, 5.74) is 1.63. The fourth-order valence-electron chi connectivity index (χ4n) is 2.10. The van der Waals surface area contributed by atoms with Crippen LogP contribution in [-0.4, -0.2) is 56.5 Å². The van der Waals surface area contributed by atoms with Gasteiger partial charge < -0.3 is 15.1 Å². The van der Waals surface area contributed by atoms with Crippen molar-refractivity contribution >= 4 is 11.6 Å². The molecule has 0 aliphatic rings. The molecule has 0 aliphatic carbocycles. The van der Waals surface area contributed by atoms with E-state index in [4.69, 9.17) is 0 Å². The molecule has 0 radical (unpaired) electrons. The third-order valence-corrected chi connectivity index (χ3v) is 3.12. The van der Waals surface area contributed by atoms with Gasteiger partial charge in [-0.15, -0.1) is 0 Å². The monoisotopic (exact) mass is 277 g/mol. The van der Waals surface area contributed by atoms with E-state index < -0.39 is 0 Å². The average molecular weight is 277 g/mol. The summed E-state index contributed by atoms with van der Waals surface area (Å²) in [6, 6.07) is 7.67. The predicted octanol–water partition coefficient (Wildman–Crippen LogP) is 2.39. The lowest BCUT2D eigenvalue weighted by atomic mass is 10.1. The van der Waals surface area contributed by atoms with Gasteiger partial charge in [-0.05, 0) is 32.1 Å². The fourth-order valence-corrected chi connectivity index (χ4v) is 2.10.